The van der Waals surface area contributed by atoms with E-state index in [-0.39, 0.29) is 24.4 Å². The van der Waals surface area contributed by atoms with Crippen LogP contribution in [0.25, 0.3) is 0 Å². The number of carboxylic acids is 1. The number of nitrogens with zero attached hydrogens (tertiary/aromatic N) is 3. The average molecular weight is 321 g/mol. The van der Waals surface area contributed by atoms with Crippen LogP contribution in [0.4, 0.5) is 8.78 Å². The molecule has 1 saturated carbocycles. The Bertz CT molecular complexity index is 724. The van der Waals surface area contributed by atoms with Gasteiger partial charge in [0.15, 0.2) is 17.5 Å². The predicted molar refractivity (Wildman–Crippen MR) is 78.0 cm³/mol. The quantitative estimate of drug-likeness (QED) is 0.919. The Morgan fingerprint density at radius 3 is 2.74 bits per heavy atom. The largest absolute Gasteiger partial charge is 0.480 e. The van der Waals surface area contributed by atoms with Crippen molar-refractivity contribution in [2.75, 3.05) is 0 Å². The van der Waals surface area contributed by atoms with Crippen LogP contribution in [-0.4, -0.2) is 25.8 Å². The molecular formula is C16H17F2N3O2. The molecule has 1 fully saturated rings. The molecule has 7 heteroatoms. The molecule has 1 aromatic carbocycles. The zero-order chi connectivity index (χ0) is 16.4. The minimum absolute atomic E-state index is 0.0105. The van der Waals surface area contributed by atoms with E-state index < -0.39 is 17.6 Å². The van der Waals surface area contributed by atoms with Crippen LogP contribution in [0.3, 0.4) is 0 Å². The van der Waals surface area contributed by atoms with Gasteiger partial charge in [0.1, 0.15) is 12.4 Å². The molecule has 1 aliphatic carbocycles. The normalized spacial score (nSPS) is 15.2. The van der Waals surface area contributed by atoms with Gasteiger partial charge in [0.05, 0.1) is 0 Å². The third-order valence-corrected chi connectivity index (χ3v) is 4.15. The van der Waals surface area contributed by atoms with Crippen molar-refractivity contribution in [1.82, 2.24) is 14.8 Å². The lowest BCUT2D eigenvalue weighted by Crippen LogP contribution is -2.14. The van der Waals surface area contributed by atoms with E-state index in [1.807, 2.05) is 0 Å². The number of halogens is 2. The Hall–Kier alpha value is -2.31. The predicted octanol–water partition coefficient (Wildman–Crippen LogP) is 2.89. The second-order valence-corrected chi connectivity index (χ2v) is 5.81. The first-order valence-electron chi connectivity index (χ1n) is 7.63. The summed E-state index contributed by atoms with van der Waals surface area (Å²) < 4.78 is 28.5. The van der Waals surface area contributed by atoms with E-state index in [4.69, 9.17) is 5.11 Å². The van der Waals surface area contributed by atoms with E-state index in [2.05, 4.69) is 10.1 Å². The molecule has 0 unspecified atom stereocenters. The highest BCUT2D eigenvalue weighted by atomic mass is 19.2. The molecule has 0 spiro atoms. The molecule has 1 N–H and O–H groups in total. The molecular weight excluding hydrogens is 304 g/mol. The molecule has 0 bridgehead atoms. The van der Waals surface area contributed by atoms with E-state index in [0.717, 1.165) is 31.7 Å². The molecule has 0 saturated heterocycles. The molecule has 1 aliphatic rings. The number of aliphatic carboxylic acids is 1. The maximum absolute atomic E-state index is 13.8. The lowest BCUT2D eigenvalue weighted by molar-refractivity contribution is -0.137. The van der Waals surface area contributed by atoms with Gasteiger partial charge in [-0.3, -0.25) is 4.79 Å². The van der Waals surface area contributed by atoms with Crippen LogP contribution >= 0.6 is 0 Å². The summed E-state index contributed by atoms with van der Waals surface area (Å²) in [6.45, 7) is -0.341. The third-order valence-electron chi connectivity index (χ3n) is 4.15. The SMILES string of the molecule is O=C(O)Cn1nc(C2CCCC2)nc1Cc1cccc(F)c1F. The van der Waals surface area contributed by atoms with Crippen molar-refractivity contribution in [3.05, 3.63) is 47.0 Å². The van der Waals surface area contributed by atoms with Gasteiger partial charge in [-0.2, -0.15) is 5.10 Å². The molecule has 0 radical (unpaired) electrons. The van der Waals surface area contributed by atoms with Gasteiger partial charge in [0.2, 0.25) is 0 Å². The van der Waals surface area contributed by atoms with Crippen molar-refractivity contribution in [1.29, 1.82) is 0 Å². The van der Waals surface area contributed by atoms with E-state index >= 15 is 0 Å². The van der Waals surface area contributed by atoms with Gasteiger partial charge in [-0.05, 0) is 24.5 Å². The smallest absolute Gasteiger partial charge is 0.325 e. The zero-order valence-corrected chi connectivity index (χ0v) is 12.5. The summed E-state index contributed by atoms with van der Waals surface area (Å²) >= 11 is 0. The number of carboxylic acid groups (broad SMARTS) is 1. The molecule has 1 heterocycles. The molecule has 0 aliphatic heterocycles. The van der Waals surface area contributed by atoms with Crippen LogP contribution in [0, 0.1) is 11.6 Å². The lowest BCUT2D eigenvalue weighted by Gasteiger charge is -2.05. The highest BCUT2D eigenvalue weighted by Gasteiger charge is 2.24. The summed E-state index contributed by atoms with van der Waals surface area (Å²) in [6.07, 6.45) is 4.17. The molecule has 1 aromatic heterocycles. The standard InChI is InChI=1S/C16H17F2N3O2/c17-12-7-3-6-11(15(12)18)8-13-19-16(10-4-1-2-5-10)20-21(13)9-14(22)23/h3,6-7,10H,1-2,4-5,8-9H2,(H,22,23). The van der Waals surface area contributed by atoms with Crippen molar-refractivity contribution in [2.45, 2.75) is 44.6 Å². The van der Waals surface area contributed by atoms with Gasteiger partial charge < -0.3 is 5.11 Å². The van der Waals surface area contributed by atoms with E-state index in [1.54, 1.807) is 0 Å². The summed E-state index contributed by atoms with van der Waals surface area (Å²) in [7, 11) is 0. The van der Waals surface area contributed by atoms with Gasteiger partial charge in [0, 0.05) is 12.3 Å². The maximum Gasteiger partial charge on any atom is 0.325 e. The number of carbonyl (C=O) groups is 1. The summed E-state index contributed by atoms with van der Waals surface area (Å²) in [5, 5.41) is 13.3. The molecule has 3 rings (SSSR count). The topological polar surface area (TPSA) is 68.0 Å². The first-order chi connectivity index (χ1) is 11.0. The Balaban J connectivity index is 1.92. The second-order valence-electron chi connectivity index (χ2n) is 5.81. The van der Waals surface area contributed by atoms with Crippen LogP contribution in [0.2, 0.25) is 0 Å². The molecule has 0 atom stereocenters. The van der Waals surface area contributed by atoms with Gasteiger partial charge in [0.25, 0.3) is 0 Å². The van der Waals surface area contributed by atoms with Gasteiger partial charge in [-0.15, -0.1) is 0 Å². The van der Waals surface area contributed by atoms with E-state index in [1.165, 1.54) is 16.8 Å². The Labute approximate surface area is 132 Å². The number of hydrogen-bond donors (Lipinski definition) is 1. The van der Waals surface area contributed by atoms with Crippen LogP contribution in [-0.2, 0) is 17.8 Å². The van der Waals surface area contributed by atoms with E-state index in [9.17, 15) is 13.6 Å². The lowest BCUT2D eigenvalue weighted by atomic mass is 10.1. The van der Waals surface area contributed by atoms with Crippen molar-refractivity contribution in [3.8, 4) is 0 Å². The second kappa shape index (κ2) is 6.44. The first kappa shape index (κ1) is 15.6. The van der Waals surface area contributed by atoms with Gasteiger partial charge in [-0.1, -0.05) is 25.0 Å². The molecule has 23 heavy (non-hydrogen) atoms. The highest BCUT2D eigenvalue weighted by molar-refractivity contribution is 5.66. The van der Waals surface area contributed by atoms with Gasteiger partial charge in [-0.25, -0.2) is 18.4 Å². The van der Waals surface area contributed by atoms with Crippen molar-refractivity contribution in [3.63, 3.8) is 0 Å². The molecule has 122 valence electrons. The van der Waals surface area contributed by atoms with Gasteiger partial charge >= 0.3 is 5.97 Å². The monoisotopic (exact) mass is 321 g/mol. The highest BCUT2D eigenvalue weighted by Crippen LogP contribution is 2.32. The van der Waals surface area contributed by atoms with E-state index in [0.29, 0.717) is 11.6 Å². The third kappa shape index (κ3) is 3.38. The van der Waals surface area contributed by atoms with Crippen molar-refractivity contribution < 1.29 is 18.7 Å². The summed E-state index contributed by atoms with van der Waals surface area (Å²) in [4.78, 5) is 15.4. The fraction of sp³-hybridized carbons (Fsp3) is 0.438. The van der Waals surface area contributed by atoms with Crippen LogP contribution in [0.15, 0.2) is 18.2 Å². The number of rotatable bonds is 5. The minimum atomic E-state index is -1.05. The number of hydrogen-bond acceptors (Lipinski definition) is 3. The molecule has 0 amide bonds. The molecule has 5 nitrogen and oxygen atoms in total. The summed E-state index contributed by atoms with van der Waals surface area (Å²) in [5.41, 5.74) is 0.141. The van der Waals surface area contributed by atoms with Crippen molar-refractivity contribution >= 4 is 5.97 Å². The Morgan fingerprint density at radius 2 is 2.04 bits per heavy atom. The molecule has 2 aromatic rings. The number of aromatic nitrogens is 3. The first-order valence-corrected chi connectivity index (χ1v) is 7.63. The number of benzene rings is 1. The maximum atomic E-state index is 13.8. The van der Waals surface area contributed by atoms with Crippen molar-refractivity contribution in [2.24, 2.45) is 0 Å². The minimum Gasteiger partial charge on any atom is -0.480 e. The summed E-state index contributed by atoms with van der Waals surface area (Å²) in [5.74, 6) is -1.73. The Kier molecular flexibility index (Phi) is 4.36. The zero-order valence-electron chi connectivity index (χ0n) is 12.5. The fourth-order valence-corrected chi connectivity index (χ4v) is 2.99. The van der Waals surface area contributed by atoms with Crippen LogP contribution in [0.5, 0.6) is 0 Å². The van der Waals surface area contributed by atoms with Crippen LogP contribution in [0.1, 0.15) is 48.8 Å². The fourth-order valence-electron chi connectivity index (χ4n) is 2.99. The van der Waals surface area contributed by atoms with Crippen LogP contribution < -0.4 is 0 Å². The summed E-state index contributed by atoms with van der Waals surface area (Å²) in [6, 6.07) is 3.93. The Morgan fingerprint density at radius 1 is 1.30 bits per heavy atom. The average Bonchev–Trinajstić information content (AvgIpc) is 3.13.